The van der Waals surface area contributed by atoms with E-state index in [9.17, 15) is 19.2 Å². The summed E-state index contributed by atoms with van der Waals surface area (Å²) in [6, 6.07) is -3.13. The molecule has 1 rings (SSSR count). The van der Waals surface area contributed by atoms with E-state index in [2.05, 4.69) is 20.7 Å². The molecule has 0 aliphatic carbocycles. The van der Waals surface area contributed by atoms with Crippen molar-refractivity contribution in [3.05, 3.63) is 12.2 Å². The lowest BCUT2D eigenvalue weighted by Crippen LogP contribution is -2.56. The van der Waals surface area contributed by atoms with Gasteiger partial charge in [0.15, 0.2) is 6.04 Å². The molecule has 0 aromatic rings. The fraction of sp³-hybridized carbons (Fsp3) is 0.684. The number of rotatable bonds is 2. The maximum absolute atomic E-state index is 12.6. The van der Waals surface area contributed by atoms with E-state index in [1.807, 2.05) is 0 Å². The molecule has 0 spiro atoms. The molecule has 30 heavy (non-hydrogen) atoms. The quantitative estimate of drug-likeness (QED) is 0.399. The van der Waals surface area contributed by atoms with Gasteiger partial charge in [0.05, 0.1) is 33.5 Å². The fourth-order valence-corrected chi connectivity index (χ4v) is 2.26. The number of hydrogen-bond donors (Lipinski definition) is 3. The Bertz CT molecular complexity index is 644. The van der Waals surface area contributed by atoms with Crippen LogP contribution in [-0.2, 0) is 33.3 Å². The van der Waals surface area contributed by atoms with Crippen molar-refractivity contribution in [1.82, 2.24) is 16.0 Å². The Balaban J connectivity index is 2.91. The van der Waals surface area contributed by atoms with Crippen LogP contribution in [0, 0.1) is 0 Å². The summed E-state index contributed by atoms with van der Waals surface area (Å²) in [6.07, 6.45) is 2.53. The van der Waals surface area contributed by atoms with Gasteiger partial charge in [-0.25, -0.2) is 9.59 Å². The van der Waals surface area contributed by atoms with Crippen LogP contribution in [0.4, 0.5) is 4.79 Å². The smallest absolute Gasteiger partial charge is 0.408 e. The van der Waals surface area contributed by atoms with Crippen LogP contribution >= 0.6 is 0 Å². The molecule has 0 aromatic carbocycles. The van der Waals surface area contributed by atoms with Crippen LogP contribution < -0.4 is 16.0 Å². The molecule has 11 heteroatoms. The van der Waals surface area contributed by atoms with Gasteiger partial charge in [0.25, 0.3) is 0 Å². The molecule has 3 amide bonds. The van der Waals surface area contributed by atoms with Crippen molar-refractivity contribution in [3.8, 4) is 0 Å². The summed E-state index contributed by atoms with van der Waals surface area (Å²) >= 11 is 0. The van der Waals surface area contributed by atoms with Gasteiger partial charge in [-0.15, -0.1) is 0 Å². The van der Waals surface area contributed by atoms with Crippen LogP contribution in [-0.4, -0.2) is 81.1 Å². The number of alkyl carbamates (subject to hydrolysis) is 1. The number of ether oxygens (including phenoxy) is 4. The number of methoxy groups -OCH3 is 1. The van der Waals surface area contributed by atoms with Crippen molar-refractivity contribution >= 4 is 23.9 Å². The topological polar surface area (TPSA) is 141 Å². The lowest BCUT2D eigenvalue weighted by Gasteiger charge is -2.24. The maximum Gasteiger partial charge on any atom is 0.408 e. The Morgan fingerprint density at radius 3 is 2.23 bits per heavy atom. The minimum atomic E-state index is -1.10. The summed E-state index contributed by atoms with van der Waals surface area (Å²) in [5.41, 5.74) is -0.750. The Labute approximate surface area is 175 Å². The van der Waals surface area contributed by atoms with Crippen molar-refractivity contribution in [2.75, 3.05) is 33.5 Å². The maximum atomic E-state index is 12.6. The first-order valence-electron chi connectivity index (χ1n) is 9.52. The second-order valence-corrected chi connectivity index (χ2v) is 7.56. The van der Waals surface area contributed by atoms with E-state index in [4.69, 9.17) is 14.2 Å². The molecule has 0 radical (unpaired) electrons. The van der Waals surface area contributed by atoms with Crippen molar-refractivity contribution in [2.24, 2.45) is 0 Å². The van der Waals surface area contributed by atoms with Gasteiger partial charge in [-0.3, -0.25) is 9.59 Å². The first-order valence-corrected chi connectivity index (χ1v) is 9.52. The number of hydrogen-bond acceptors (Lipinski definition) is 8. The van der Waals surface area contributed by atoms with Gasteiger partial charge in [0.2, 0.25) is 11.8 Å². The highest BCUT2D eigenvalue weighted by Crippen LogP contribution is 2.07. The highest BCUT2D eigenvalue weighted by molar-refractivity contribution is 5.92. The molecule has 170 valence electrons. The standard InChI is InChI=1S/C19H31N3O8/c1-12-15(23)21-14(17(25)27-5)11-29-9-7-6-8-28-10-13(16(24)20-12)22-18(26)30-19(2,3)4/h6-7,12-14H,8-11H2,1-5H3,(H,20,24)(H,21,23)(H,22,26)/b7-6+/t12-,13-,14-/m0/s1. The second kappa shape index (κ2) is 12.1. The number of carbonyl (C=O) groups is 4. The zero-order valence-electron chi connectivity index (χ0n) is 18.0. The number of nitrogens with one attached hydrogen (secondary N) is 3. The average Bonchev–Trinajstić information content (AvgIpc) is 2.65. The predicted molar refractivity (Wildman–Crippen MR) is 105 cm³/mol. The van der Waals surface area contributed by atoms with Crippen LogP contribution in [0.25, 0.3) is 0 Å². The average molecular weight is 429 g/mol. The van der Waals surface area contributed by atoms with Crippen molar-refractivity contribution < 1.29 is 38.1 Å². The summed E-state index contributed by atoms with van der Waals surface area (Å²) in [5.74, 6) is -1.94. The SMILES string of the molecule is COC(=O)[C@@H]1COC/C=C/COC[C@H](NC(=O)OC(C)(C)C)C(=O)N[C@@H](C)C(=O)N1. The van der Waals surface area contributed by atoms with Gasteiger partial charge in [-0.05, 0) is 27.7 Å². The fourth-order valence-electron chi connectivity index (χ4n) is 2.26. The highest BCUT2D eigenvalue weighted by Gasteiger charge is 2.29. The lowest BCUT2D eigenvalue weighted by atomic mass is 10.2. The van der Waals surface area contributed by atoms with E-state index in [1.54, 1.807) is 32.9 Å². The van der Waals surface area contributed by atoms with E-state index >= 15 is 0 Å². The van der Waals surface area contributed by atoms with E-state index in [-0.39, 0.29) is 26.4 Å². The van der Waals surface area contributed by atoms with Crippen molar-refractivity contribution in [3.63, 3.8) is 0 Å². The molecule has 0 aromatic heterocycles. The first kappa shape index (κ1) is 25.4. The molecule has 1 aliphatic rings. The molecule has 0 bridgehead atoms. The lowest BCUT2D eigenvalue weighted by molar-refractivity contribution is -0.147. The van der Waals surface area contributed by atoms with Gasteiger partial charge in [-0.1, -0.05) is 12.2 Å². The Morgan fingerprint density at radius 2 is 1.67 bits per heavy atom. The van der Waals surface area contributed by atoms with E-state index in [1.165, 1.54) is 14.0 Å². The van der Waals surface area contributed by atoms with Gasteiger partial charge < -0.3 is 34.9 Å². The van der Waals surface area contributed by atoms with Crippen LogP contribution in [0.1, 0.15) is 27.7 Å². The first-order chi connectivity index (χ1) is 14.0. The van der Waals surface area contributed by atoms with E-state index in [0.717, 1.165) is 0 Å². The molecule has 0 saturated heterocycles. The molecule has 11 nitrogen and oxygen atoms in total. The summed E-state index contributed by atoms with van der Waals surface area (Å²) in [7, 11) is 1.19. The van der Waals surface area contributed by atoms with Gasteiger partial charge in [0.1, 0.15) is 17.7 Å². The molecule has 1 heterocycles. The molecule has 3 atom stereocenters. The van der Waals surface area contributed by atoms with Crippen LogP contribution in [0.15, 0.2) is 12.2 Å². The van der Waals surface area contributed by atoms with E-state index < -0.39 is 47.6 Å². The summed E-state index contributed by atoms with van der Waals surface area (Å²) in [4.78, 5) is 48.9. The number of esters is 1. The highest BCUT2D eigenvalue weighted by atomic mass is 16.6. The van der Waals surface area contributed by atoms with Crippen LogP contribution in [0.5, 0.6) is 0 Å². The number of carbonyl (C=O) groups excluding carboxylic acids is 4. The number of amides is 3. The van der Waals surface area contributed by atoms with Crippen molar-refractivity contribution in [1.29, 1.82) is 0 Å². The largest absolute Gasteiger partial charge is 0.467 e. The zero-order valence-corrected chi connectivity index (χ0v) is 18.0. The third kappa shape index (κ3) is 9.70. The second-order valence-electron chi connectivity index (χ2n) is 7.56. The molecule has 3 N–H and O–H groups in total. The van der Waals surface area contributed by atoms with Gasteiger partial charge in [-0.2, -0.15) is 0 Å². The monoisotopic (exact) mass is 429 g/mol. The molecular weight excluding hydrogens is 398 g/mol. The molecule has 0 unspecified atom stereocenters. The minimum absolute atomic E-state index is 0.104. The summed E-state index contributed by atoms with van der Waals surface area (Å²) < 4.78 is 20.6. The zero-order chi connectivity index (χ0) is 22.7. The predicted octanol–water partition coefficient (Wildman–Crippen LogP) is -0.355. The normalized spacial score (nSPS) is 25.6. The van der Waals surface area contributed by atoms with Gasteiger partial charge in [0, 0.05) is 0 Å². The molecule has 0 fully saturated rings. The Morgan fingerprint density at radius 1 is 1.07 bits per heavy atom. The molecule has 1 aliphatic heterocycles. The van der Waals surface area contributed by atoms with Crippen LogP contribution in [0.2, 0.25) is 0 Å². The minimum Gasteiger partial charge on any atom is -0.467 e. The summed E-state index contributed by atoms with van der Waals surface area (Å²) in [5, 5.41) is 7.39. The van der Waals surface area contributed by atoms with Crippen molar-refractivity contribution in [2.45, 2.75) is 51.4 Å². The Kier molecular flexibility index (Phi) is 10.3. The van der Waals surface area contributed by atoms with E-state index in [0.29, 0.717) is 0 Å². The van der Waals surface area contributed by atoms with Gasteiger partial charge >= 0.3 is 12.1 Å². The third-order valence-electron chi connectivity index (χ3n) is 3.73. The molecular formula is C19H31N3O8. The molecule has 0 saturated carbocycles. The third-order valence-corrected chi connectivity index (χ3v) is 3.73. The Hall–Kier alpha value is -2.66. The van der Waals surface area contributed by atoms with Crippen LogP contribution in [0.3, 0.4) is 0 Å². The summed E-state index contributed by atoms with van der Waals surface area (Å²) in [6.45, 7) is 6.61.